The van der Waals surface area contributed by atoms with E-state index >= 15 is 0 Å². The van der Waals surface area contributed by atoms with E-state index in [1.165, 1.54) is 12.8 Å². The molecule has 1 aliphatic rings. The van der Waals surface area contributed by atoms with Gasteiger partial charge in [-0.3, -0.25) is 0 Å². The van der Waals surface area contributed by atoms with Crippen LogP contribution in [0, 0.1) is 13.8 Å². The maximum absolute atomic E-state index is 4.72. The van der Waals surface area contributed by atoms with Gasteiger partial charge in [-0.2, -0.15) is 0 Å². The van der Waals surface area contributed by atoms with Gasteiger partial charge in [0.1, 0.15) is 5.82 Å². The van der Waals surface area contributed by atoms with Gasteiger partial charge < -0.3 is 10.6 Å². The maximum Gasteiger partial charge on any atom is 0.228 e. The van der Waals surface area contributed by atoms with Crippen molar-refractivity contribution >= 4 is 11.8 Å². The summed E-state index contributed by atoms with van der Waals surface area (Å²) in [4.78, 5) is 13.5. The van der Waals surface area contributed by atoms with Crippen LogP contribution < -0.4 is 10.6 Å². The Balaban J connectivity index is 1.79. The number of nitrogens with one attached hydrogen (secondary N) is 2. The first-order valence-corrected chi connectivity index (χ1v) is 7.48. The number of piperidine rings is 1. The molecular formula is C16H21N5. The highest BCUT2D eigenvalue weighted by Crippen LogP contribution is 2.23. The van der Waals surface area contributed by atoms with Crippen molar-refractivity contribution in [2.45, 2.75) is 32.6 Å². The number of aryl methyl sites for hydroxylation is 2. The predicted molar refractivity (Wildman–Crippen MR) is 83.9 cm³/mol. The standard InChI is InChI=1S/C16H21N5/c1-11-9-12(2)19-16(18-11)21-15-7-3-6-14(20-15)13-5-4-8-17-10-13/h3,6-7,9,13,17H,4-5,8,10H2,1-2H3,(H,18,19,20,21)/t13-/m1/s1. The molecular weight excluding hydrogens is 262 g/mol. The summed E-state index contributed by atoms with van der Waals surface area (Å²) in [6.45, 7) is 6.07. The summed E-state index contributed by atoms with van der Waals surface area (Å²) in [5.74, 6) is 1.92. The van der Waals surface area contributed by atoms with Gasteiger partial charge in [-0.25, -0.2) is 15.0 Å². The fourth-order valence-electron chi connectivity index (χ4n) is 2.75. The molecule has 3 rings (SSSR count). The van der Waals surface area contributed by atoms with Crippen molar-refractivity contribution in [3.8, 4) is 0 Å². The van der Waals surface area contributed by atoms with E-state index in [1.807, 2.05) is 32.0 Å². The molecule has 1 atom stereocenters. The van der Waals surface area contributed by atoms with Crippen LogP contribution in [0.1, 0.15) is 35.8 Å². The Hall–Kier alpha value is -2.01. The molecule has 3 heterocycles. The van der Waals surface area contributed by atoms with Gasteiger partial charge in [-0.1, -0.05) is 6.07 Å². The Morgan fingerprint density at radius 3 is 2.67 bits per heavy atom. The van der Waals surface area contributed by atoms with Gasteiger partial charge >= 0.3 is 0 Å². The fourth-order valence-corrected chi connectivity index (χ4v) is 2.75. The number of rotatable bonds is 3. The highest BCUT2D eigenvalue weighted by atomic mass is 15.1. The van der Waals surface area contributed by atoms with Crippen molar-refractivity contribution < 1.29 is 0 Å². The summed E-state index contributed by atoms with van der Waals surface area (Å²) >= 11 is 0. The Morgan fingerprint density at radius 2 is 1.95 bits per heavy atom. The molecule has 5 heteroatoms. The topological polar surface area (TPSA) is 62.7 Å². The number of nitrogens with zero attached hydrogens (tertiary/aromatic N) is 3. The van der Waals surface area contributed by atoms with Crippen molar-refractivity contribution in [2.24, 2.45) is 0 Å². The van der Waals surface area contributed by atoms with Crippen LogP contribution in [0.4, 0.5) is 11.8 Å². The van der Waals surface area contributed by atoms with E-state index in [0.717, 1.165) is 36.0 Å². The minimum atomic E-state index is 0.501. The Bertz CT molecular complexity index is 600. The van der Waals surface area contributed by atoms with Crippen molar-refractivity contribution in [1.82, 2.24) is 20.3 Å². The van der Waals surface area contributed by atoms with Crippen LogP contribution >= 0.6 is 0 Å². The van der Waals surface area contributed by atoms with Gasteiger partial charge in [-0.05, 0) is 51.4 Å². The van der Waals surface area contributed by atoms with Crippen molar-refractivity contribution in [3.05, 3.63) is 41.3 Å². The monoisotopic (exact) mass is 283 g/mol. The summed E-state index contributed by atoms with van der Waals surface area (Å²) in [5, 5.41) is 6.64. The van der Waals surface area contributed by atoms with Crippen LogP contribution in [0.15, 0.2) is 24.3 Å². The lowest BCUT2D eigenvalue weighted by atomic mass is 9.96. The minimum Gasteiger partial charge on any atom is -0.316 e. The number of aromatic nitrogens is 3. The van der Waals surface area contributed by atoms with E-state index in [1.54, 1.807) is 0 Å². The predicted octanol–water partition coefficient (Wildman–Crippen LogP) is 2.70. The molecule has 2 N–H and O–H groups in total. The summed E-state index contributed by atoms with van der Waals surface area (Å²) in [6, 6.07) is 8.07. The molecule has 0 aromatic carbocycles. The molecule has 0 amide bonds. The van der Waals surface area contributed by atoms with Gasteiger partial charge in [0.15, 0.2) is 0 Å². The third-order valence-electron chi connectivity index (χ3n) is 3.71. The van der Waals surface area contributed by atoms with E-state index in [-0.39, 0.29) is 0 Å². The minimum absolute atomic E-state index is 0.501. The molecule has 0 aliphatic carbocycles. The van der Waals surface area contributed by atoms with E-state index in [2.05, 4.69) is 26.7 Å². The SMILES string of the molecule is Cc1cc(C)nc(Nc2cccc([C@@H]3CCCNC3)n2)n1. The molecule has 0 spiro atoms. The fraction of sp³-hybridized carbons (Fsp3) is 0.438. The molecule has 5 nitrogen and oxygen atoms in total. The van der Waals surface area contributed by atoms with E-state index in [0.29, 0.717) is 11.9 Å². The third-order valence-corrected chi connectivity index (χ3v) is 3.71. The largest absolute Gasteiger partial charge is 0.316 e. The zero-order valence-electron chi connectivity index (χ0n) is 12.6. The lowest BCUT2D eigenvalue weighted by Crippen LogP contribution is -2.28. The Kier molecular flexibility index (Phi) is 4.10. The molecule has 0 radical (unpaired) electrons. The quantitative estimate of drug-likeness (QED) is 0.907. The molecule has 1 aliphatic heterocycles. The maximum atomic E-state index is 4.72. The van der Waals surface area contributed by atoms with Crippen LogP contribution in [0.3, 0.4) is 0 Å². The Labute approximate surface area is 125 Å². The van der Waals surface area contributed by atoms with Crippen LogP contribution in [0.2, 0.25) is 0 Å². The third kappa shape index (κ3) is 3.55. The molecule has 21 heavy (non-hydrogen) atoms. The second kappa shape index (κ2) is 6.18. The molecule has 0 saturated carbocycles. The normalized spacial score (nSPS) is 18.5. The highest BCUT2D eigenvalue weighted by molar-refractivity contribution is 5.48. The number of pyridine rings is 1. The summed E-state index contributed by atoms with van der Waals surface area (Å²) in [7, 11) is 0. The Morgan fingerprint density at radius 1 is 1.14 bits per heavy atom. The lowest BCUT2D eigenvalue weighted by Gasteiger charge is -2.22. The van der Waals surface area contributed by atoms with Crippen LogP contribution in [0.5, 0.6) is 0 Å². The van der Waals surface area contributed by atoms with Gasteiger partial charge in [0.2, 0.25) is 5.95 Å². The summed E-state index contributed by atoms with van der Waals surface area (Å²) in [5.41, 5.74) is 3.05. The smallest absolute Gasteiger partial charge is 0.228 e. The molecule has 1 saturated heterocycles. The number of hydrogen-bond donors (Lipinski definition) is 2. The molecule has 0 bridgehead atoms. The molecule has 2 aromatic rings. The zero-order chi connectivity index (χ0) is 14.7. The van der Waals surface area contributed by atoms with Crippen LogP contribution in [-0.2, 0) is 0 Å². The van der Waals surface area contributed by atoms with E-state index in [4.69, 9.17) is 4.98 Å². The zero-order valence-corrected chi connectivity index (χ0v) is 12.6. The van der Waals surface area contributed by atoms with E-state index in [9.17, 15) is 0 Å². The summed E-state index contributed by atoms with van der Waals surface area (Å²) < 4.78 is 0. The molecule has 0 unspecified atom stereocenters. The first-order chi connectivity index (χ1) is 10.2. The highest BCUT2D eigenvalue weighted by Gasteiger charge is 2.16. The molecule has 1 fully saturated rings. The first-order valence-electron chi connectivity index (χ1n) is 7.48. The van der Waals surface area contributed by atoms with Crippen LogP contribution in [0.25, 0.3) is 0 Å². The first kappa shape index (κ1) is 13.9. The van der Waals surface area contributed by atoms with Gasteiger partial charge in [0.05, 0.1) is 0 Å². The van der Waals surface area contributed by atoms with Crippen molar-refractivity contribution in [2.75, 3.05) is 18.4 Å². The summed E-state index contributed by atoms with van der Waals surface area (Å²) in [6.07, 6.45) is 2.41. The molecule has 2 aromatic heterocycles. The van der Waals surface area contributed by atoms with Gasteiger partial charge in [0, 0.05) is 29.5 Å². The van der Waals surface area contributed by atoms with Crippen LogP contribution in [-0.4, -0.2) is 28.0 Å². The van der Waals surface area contributed by atoms with Crippen molar-refractivity contribution in [3.63, 3.8) is 0 Å². The van der Waals surface area contributed by atoms with Gasteiger partial charge in [-0.15, -0.1) is 0 Å². The average molecular weight is 283 g/mol. The second-order valence-electron chi connectivity index (χ2n) is 5.59. The van der Waals surface area contributed by atoms with E-state index < -0.39 is 0 Å². The lowest BCUT2D eigenvalue weighted by molar-refractivity contribution is 0.455. The van der Waals surface area contributed by atoms with Crippen molar-refractivity contribution in [1.29, 1.82) is 0 Å². The number of anilines is 2. The number of hydrogen-bond acceptors (Lipinski definition) is 5. The van der Waals surface area contributed by atoms with Gasteiger partial charge in [0.25, 0.3) is 0 Å². The average Bonchev–Trinajstić information content (AvgIpc) is 2.47. The second-order valence-corrected chi connectivity index (χ2v) is 5.59. The molecule has 110 valence electrons.